The van der Waals surface area contributed by atoms with Crippen LogP contribution in [0.25, 0.3) is 0 Å². The molecule has 0 amide bonds. The van der Waals surface area contributed by atoms with Crippen LogP contribution in [0.3, 0.4) is 0 Å². The number of rotatable bonds is 5. The molecule has 4 aliphatic rings. The summed E-state index contributed by atoms with van der Waals surface area (Å²) in [5.74, 6) is 0. The van der Waals surface area contributed by atoms with Crippen LogP contribution in [0, 0.1) is 0 Å². The molecular weight excluding hydrogens is 389 g/mol. The first kappa shape index (κ1) is 19.0. The second-order valence-corrected chi connectivity index (χ2v) is 11.7. The van der Waals surface area contributed by atoms with Crippen LogP contribution in [0.15, 0.2) is 46.4 Å². The summed E-state index contributed by atoms with van der Waals surface area (Å²) in [5, 5.41) is 6.34. The Morgan fingerprint density at radius 2 is 1.96 bits per heavy atom. The minimum Gasteiger partial charge on any atom is -0.376 e. The van der Waals surface area contributed by atoms with E-state index in [2.05, 4.69) is 29.0 Å². The third-order valence-corrected chi connectivity index (χ3v) is 9.97. The van der Waals surface area contributed by atoms with Gasteiger partial charge < -0.3 is 14.2 Å². The van der Waals surface area contributed by atoms with Crippen LogP contribution in [0.1, 0.15) is 44.9 Å². The predicted octanol–water partition coefficient (Wildman–Crippen LogP) is 3.44. The number of likely N-dealkylation sites (tertiary alicyclic amines) is 1. The Balaban J connectivity index is 1.55. The van der Waals surface area contributed by atoms with Gasteiger partial charge in [0, 0.05) is 25.9 Å². The smallest absolute Gasteiger partial charge is 0.213 e. The van der Waals surface area contributed by atoms with E-state index in [0.29, 0.717) is 6.61 Å². The minimum atomic E-state index is -2.45. The Labute approximate surface area is 172 Å². The fourth-order valence-corrected chi connectivity index (χ4v) is 8.62. The lowest BCUT2D eigenvalue weighted by Gasteiger charge is -2.31. The number of fused-ring (bicyclic) bond motifs is 1. The molecule has 0 saturated carbocycles. The summed E-state index contributed by atoms with van der Waals surface area (Å²) in [6.07, 6.45) is 5.83. The van der Waals surface area contributed by atoms with Crippen LogP contribution in [0.2, 0.25) is 0 Å². The fraction of sp³-hybridized carbons (Fsp3) is 0.571. The lowest BCUT2D eigenvalue weighted by atomic mass is 10.0. The molecule has 5 nitrogen and oxygen atoms in total. The first-order valence-corrected chi connectivity index (χ1v) is 13.3. The van der Waals surface area contributed by atoms with Gasteiger partial charge in [-0.15, -0.1) is 0 Å². The van der Waals surface area contributed by atoms with E-state index in [1.165, 1.54) is 49.1 Å². The SMILES string of the molecule is S=[P@]1(OC[C@@H]2CCCO2)C2=C([NH+]3CCCC3)CCCC2=NN1c1ccccc1. The molecule has 3 heterocycles. The standard InChI is InChI=1S/C21H28N3O2PS/c28-27(26-16-18-10-7-15-25-18)21-19(22-24(27)17-8-2-1-3-9-17)11-6-12-20(21)23-13-4-5-14-23/h1-3,8-9,18H,4-7,10-16H2/p+1/t18-,27+/m0/s1. The molecule has 150 valence electrons. The third kappa shape index (κ3) is 3.40. The molecule has 28 heavy (non-hydrogen) atoms. The van der Waals surface area contributed by atoms with E-state index < -0.39 is 6.42 Å². The van der Waals surface area contributed by atoms with E-state index in [-0.39, 0.29) is 6.10 Å². The normalized spacial score (nSPS) is 30.8. The Kier molecular flexibility index (Phi) is 5.42. The molecule has 3 aliphatic heterocycles. The molecule has 2 fully saturated rings. The number of anilines is 1. The van der Waals surface area contributed by atoms with Gasteiger partial charge in [-0.05, 0) is 49.6 Å². The first-order chi connectivity index (χ1) is 13.8. The van der Waals surface area contributed by atoms with E-state index >= 15 is 0 Å². The van der Waals surface area contributed by atoms with Crippen molar-refractivity contribution in [2.24, 2.45) is 5.10 Å². The van der Waals surface area contributed by atoms with Gasteiger partial charge in [0.2, 0.25) is 6.42 Å². The van der Waals surface area contributed by atoms with Crippen LogP contribution in [0.5, 0.6) is 0 Å². The van der Waals surface area contributed by atoms with Crippen molar-refractivity contribution in [1.82, 2.24) is 0 Å². The molecule has 2 atom stereocenters. The second kappa shape index (κ2) is 8.00. The van der Waals surface area contributed by atoms with Crippen molar-refractivity contribution in [3.05, 3.63) is 41.3 Å². The van der Waals surface area contributed by atoms with Crippen molar-refractivity contribution >= 4 is 29.6 Å². The van der Waals surface area contributed by atoms with Gasteiger partial charge in [0.15, 0.2) is 0 Å². The third-order valence-electron chi connectivity index (χ3n) is 6.23. The Bertz CT molecular complexity index is 829. The van der Waals surface area contributed by atoms with E-state index in [4.69, 9.17) is 26.2 Å². The van der Waals surface area contributed by atoms with Crippen LogP contribution < -0.4 is 9.68 Å². The number of hydrogen-bond acceptors (Lipinski definition) is 4. The van der Waals surface area contributed by atoms with Crippen molar-refractivity contribution in [2.75, 3.05) is 31.1 Å². The van der Waals surface area contributed by atoms with Crippen LogP contribution in [0.4, 0.5) is 5.69 Å². The van der Waals surface area contributed by atoms with Crippen molar-refractivity contribution in [3.8, 4) is 0 Å². The lowest BCUT2D eigenvalue weighted by molar-refractivity contribution is -0.849. The molecule has 0 bridgehead atoms. The number of para-hydroxylation sites is 1. The summed E-state index contributed by atoms with van der Waals surface area (Å²) in [7, 11) is 0. The van der Waals surface area contributed by atoms with Gasteiger partial charge in [0.05, 0.1) is 37.2 Å². The number of nitrogens with zero attached hydrogens (tertiary/aromatic N) is 2. The van der Waals surface area contributed by atoms with Gasteiger partial charge in [0.1, 0.15) is 11.0 Å². The Morgan fingerprint density at radius 1 is 1.14 bits per heavy atom. The number of quaternary nitrogens is 1. The summed E-state index contributed by atoms with van der Waals surface area (Å²) >= 11 is 6.39. The van der Waals surface area contributed by atoms with Gasteiger partial charge in [-0.2, -0.15) is 5.10 Å². The fourth-order valence-electron chi connectivity index (χ4n) is 4.84. The first-order valence-electron chi connectivity index (χ1n) is 10.6. The number of nitrogens with one attached hydrogen (secondary N) is 1. The quantitative estimate of drug-likeness (QED) is 0.744. The molecule has 5 rings (SSSR count). The zero-order valence-electron chi connectivity index (χ0n) is 16.3. The van der Waals surface area contributed by atoms with Crippen molar-refractivity contribution in [1.29, 1.82) is 0 Å². The summed E-state index contributed by atoms with van der Waals surface area (Å²) in [4.78, 5) is 1.62. The molecule has 1 aliphatic carbocycles. The van der Waals surface area contributed by atoms with Crippen LogP contribution in [-0.4, -0.2) is 38.1 Å². The highest BCUT2D eigenvalue weighted by Crippen LogP contribution is 2.66. The van der Waals surface area contributed by atoms with Crippen molar-refractivity contribution < 1.29 is 14.2 Å². The van der Waals surface area contributed by atoms with Gasteiger partial charge in [-0.1, -0.05) is 18.2 Å². The summed E-state index contributed by atoms with van der Waals surface area (Å²) in [6, 6.07) is 10.3. The van der Waals surface area contributed by atoms with E-state index in [1.807, 2.05) is 6.07 Å². The molecule has 1 aromatic rings. The van der Waals surface area contributed by atoms with Gasteiger partial charge >= 0.3 is 0 Å². The van der Waals surface area contributed by atoms with E-state index in [1.54, 1.807) is 4.90 Å². The molecular formula is C21H29N3O2PS+. The molecule has 0 aromatic heterocycles. The van der Waals surface area contributed by atoms with Crippen molar-refractivity contribution in [2.45, 2.75) is 51.0 Å². The highest BCUT2D eigenvalue weighted by atomic mass is 32.4. The molecule has 1 aromatic carbocycles. The molecule has 1 N–H and O–H groups in total. The van der Waals surface area contributed by atoms with E-state index in [9.17, 15) is 0 Å². The van der Waals surface area contributed by atoms with Gasteiger partial charge in [0.25, 0.3) is 0 Å². The zero-order chi connectivity index (χ0) is 19.0. The average molecular weight is 419 g/mol. The average Bonchev–Trinajstić information content (AvgIpc) is 3.48. The number of allylic oxidation sites excluding steroid dienone is 2. The number of ether oxygens (including phenoxy) is 1. The Hall–Kier alpha value is -1.04. The molecule has 0 radical (unpaired) electrons. The Morgan fingerprint density at radius 3 is 2.71 bits per heavy atom. The van der Waals surface area contributed by atoms with E-state index in [0.717, 1.165) is 38.0 Å². The highest BCUT2D eigenvalue weighted by Gasteiger charge is 2.47. The maximum absolute atomic E-state index is 6.64. The second-order valence-electron chi connectivity index (χ2n) is 8.11. The molecule has 0 spiro atoms. The highest BCUT2D eigenvalue weighted by molar-refractivity contribution is 8.15. The maximum atomic E-state index is 6.64. The van der Waals surface area contributed by atoms with Gasteiger partial charge in [-0.3, -0.25) is 0 Å². The van der Waals surface area contributed by atoms with Gasteiger partial charge in [-0.25, -0.2) is 4.78 Å². The monoisotopic (exact) mass is 418 g/mol. The number of hydrazone groups is 1. The minimum absolute atomic E-state index is 0.174. The maximum Gasteiger partial charge on any atom is 0.213 e. The van der Waals surface area contributed by atoms with Crippen LogP contribution in [-0.2, 0) is 21.1 Å². The summed E-state index contributed by atoms with van der Waals surface area (Å²) in [5.41, 5.74) is 3.72. The summed E-state index contributed by atoms with van der Waals surface area (Å²) in [6.45, 7) is 3.86. The van der Waals surface area contributed by atoms with Crippen LogP contribution >= 0.6 is 6.42 Å². The lowest BCUT2D eigenvalue weighted by Crippen LogP contribution is -3.08. The predicted molar refractivity (Wildman–Crippen MR) is 116 cm³/mol. The number of benzene rings is 1. The zero-order valence-corrected chi connectivity index (χ0v) is 18.0. The molecule has 0 unspecified atom stereocenters. The number of hydrogen-bond donors (Lipinski definition) is 1. The molecule has 7 heteroatoms. The van der Waals surface area contributed by atoms with Crippen molar-refractivity contribution in [3.63, 3.8) is 0 Å². The summed E-state index contributed by atoms with van der Waals surface area (Å²) < 4.78 is 14.5. The largest absolute Gasteiger partial charge is 0.376 e. The molecule has 2 saturated heterocycles. The topological polar surface area (TPSA) is 38.5 Å².